The summed E-state index contributed by atoms with van der Waals surface area (Å²) in [4.78, 5) is 8.91. The van der Waals surface area contributed by atoms with E-state index in [0.717, 1.165) is 22.0 Å². The molecule has 0 aliphatic heterocycles. The van der Waals surface area contributed by atoms with Crippen molar-refractivity contribution in [3.8, 4) is 28.9 Å². The molecule has 0 aliphatic carbocycles. The van der Waals surface area contributed by atoms with E-state index in [9.17, 15) is 4.39 Å². The van der Waals surface area contributed by atoms with Crippen LogP contribution in [0.1, 0.15) is 5.56 Å². The van der Waals surface area contributed by atoms with Crippen LogP contribution in [0.3, 0.4) is 0 Å². The second-order valence-electron chi connectivity index (χ2n) is 6.58. The first-order valence-corrected chi connectivity index (χ1v) is 9.12. The Morgan fingerprint density at radius 2 is 1.97 bits per heavy atom. The van der Waals surface area contributed by atoms with Crippen LogP contribution in [0.2, 0.25) is 0 Å². The molecule has 30 heavy (non-hydrogen) atoms. The monoisotopic (exact) mass is 402 g/mol. The summed E-state index contributed by atoms with van der Waals surface area (Å²) in [5.74, 6) is 0.780. The van der Waals surface area contributed by atoms with Gasteiger partial charge in [-0.25, -0.2) is 14.1 Å². The first-order chi connectivity index (χ1) is 14.7. The van der Waals surface area contributed by atoms with Crippen LogP contribution in [-0.2, 0) is 6.54 Å². The van der Waals surface area contributed by atoms with Crippen molar-refractivity contribution < 1.29 is 13.7 Å². The maximum Gasteiger partial charge on any atom is 0.280 e. The Morgan fingerprint density at radius 1 is 1.07 bits per heavy atom. The summed E-state index contributed by atoms with van der Waals surface area (Å²) in [6.07, 6.45) is 1.67. The van der Waals surface area contributed by atoms with E-state index in [2.05, 4.69) is 25.4 Å². The maximum absolute atomic E-state index is 13.4. The molecule has 0 bridgehead atoms. The summed E-state index contributed by atoms with van der Waals surface area (Å²) >= 11 is 0. The Morgan fingerprint density at radius 3 is 2.83 bits per heavy atom. The van der Waals surface area contributed by atoms with E-state index in [1.165, 1.54) is 12.1 Å². The molecule has 0 unspecified atom stereocenters. The highest BCUT2D eigenvalue weighted by Gasteiger charge is 2.17. The van der Waals surface area contributed by atoms with E-state index in [0.29, 0.717) is 23.9 Å². The summed E-state index contributed by atoms with van der Waals surface area (Å²) < 4.78 is 25.7. The van der Waals surface area contributed by atoms with E-state index < -0.39 is 0 Å². The van der Waals surface area contributed by atoms with Gasteiger partial charge in [0.05, 0.1) is 25.4 Å². The molecule has 0 spiro atoms. The number of aromatic nitrogens is 6. The summed E-state index contributed by atoms with van der Waals surface area (Å²) in [6.45, 7) is 0.373. The number of fused-ring (bicyclic) bond motifs is 1. The molecule has 5 aromatic rings. The number of hydrogen-bond donors (Lipinski definition) is 0. The Labute approximate surface area is 169 Å². The molecular formula is C21H15FN6O2. The lowest BCUT2D eigenvalue weighted by atomic mass is 10.1. The molecule has 0 N–H and O–H groups in total. The molecule has 0 saturated heterocycles. The second-order valence-corrected chi connectivity index (χ2v) is 6.58. The number of para-hydroxylation sites is 1. The number of hydrogen-bond acceptors (Lipinski definition) is 7. The van der Waals surface area contributed by atoms with Gasteiger partial charge in [-0.15, -0.1) is 5.10 Å². The molecule has 8 nitrogen and oxygen atoms in total. The van der Waals surface area contributed by atoms with Gasteiger partial charge in [-0.1, -0.05) is 40.7 Å². The van der Waals surface area contributed by atoms with Crippen LogP contribution in [0.4, 0.5) is 4.39 Å². The molecule has 3 heterocycles. The smallest absolute Gasteiger partial charge is 0.280 e. The molecular weight excluding hydrogens is 387 g/mol. The van der Waals surface area contributed by atoms with Crippen molar-refractivity contribution in [1.82, 2.24) is 30.1 Å². The molecule has 3 aromatic heterocycles. The fourth-order valence-electron chi connectivity index (χ4n) is 3.17. The predicted octanol–water partition coefficient (Wildman–Crippen LogP) is 3.74. The second kappa shape index (κ2) is 7.36. The lowest BCUT2D eigenvalue weighted by Crippen LogP contribution is -2.00. The molecule has 2 aromatic carbocycles. The van der Waals surface area contributed by atoms with Crippen molar-refractivity contribution in [2.75, 3.05) is 7.11 Å². The van der Waals surface area contributed by atoms with Crippen molar-refractivity contribution in [3.05, 3.63) is 72.2 Å². The number of benzene rings is 2. The van der Waals surface area contributed by atoms with E-state index >= 15 is 0 Å². The molecule has 0 fully saturated rings. The Hall–Kier alpha value is -4.14. The van der Waals surface area contributed by atoms with Gasteiger partial charge in [0, 0.05) is 17.0 Å². The third kappa shape index (κ3) is 3.37. The van der Waals surface area contributed by atoms with E-state index in [4.69, 9.17) is 9.26 Å². The van der Waals surface area contributed by atoms with Crippen LogP contribution >= 0.6 is 0 Å². The summed E-state index contributed by atoms with van der Waals surface area (Å²) in [5.41, 5.74) is 2.70. The molecule has 0 aliphatic rings. The third-order valence-electron chi connectivity index (χ3n) is 4.56. The average Bonchev–Trinajstić information content (AvgIpc) is 3.42. The molecule has 0 radical (unpaired) electrons. The van der Waals surface area contributed by atoms with Crippen molar-refractivity contribution >= 4 is 10.9 Å². The zero-order valence-electron chi connectivity index (χ0n) is 15.9. The molecule has 148 valence electrons. The average molecular weight is 402 g/mol. The van der Waals surface area contributed by atoms with Crippen LogP contribution in [0.5, 0.6) is 5.88 Å². The van der Waals surface area contributed by atoms with Gasteiger partial charge in [-0.3, -0.25) is 0 Å². The van der Waals surface area contributed by atoms with Gasteiger partial charge >= 0.3 is 0 Å². The minimum Gasteiger partial charge on any atom is -0.481 e. The highest BCUT2D eigenvalue weighted by molar-refractivity contribution is 5.93. The maximum atomic E-state index is 13.4. The number of ether oxygens (including phenoxy) is 1. The quantitative estimate of drug-likeness (QED) is 0.442. The van der Waals surface area contributed by atoms with Crippen LogP contribution in [-0.4, -0.2) is 37.2 Å². The number of nitrogens with zero attached hydrogens (tertiary/aromatic N) is 6. The fraction of sp³-hybridized carbons (Fsp3) is 0.0952. The largest absolute Gasteiger partial charge is 0.481 e. The highest BCUT2D eigenvalue weighted by atomic mass is 19.1. The topological polar surface area (TPSA) is 91.8 Å². The normalized spacial score (nSPS) is 11.1. The first kappa shape index (κ1) is 17.9. The van der Waals surface area contributed by atoms with Crippen LogP contribution < -0.4 is 4.74 Å². The fourth-order valence-corrected chi connectivity index (χ4v) is 3.17. The first-order valence-electron chi connectivity index (χ1n) is 9.12. The van der Waals surface area contributed by atoms with Crippen LogP contribution in [0.15, 0.2) is 65.3 Å². The zero-order chi connectivity index (χ0) is 20.5. The van der Waals surface area contributed by atoms with Gasteiger partial charge in [-0.05, 0) is 23.8 Å². The van der Waals surface area contributed by atoms with Gasteiger partial charge in [0.1, 0.15) is 5.82 Å². The molecule has 0 amide bonds. The minimum atomic E-state index is -0.297. The molecule has 0 saturated carbocycles. The van der Waals surface area contributed by atoms with Gasteiger partial charge < -0.3 is 9.26 Å². The van der Waals surface area contributed by atoms with Crippen molar-refractivity contribution in [1.29, 1.82) is 0 Å². The van der Waals surface area contributed by atoms with Crippen LogP contribution in [0.25, 0.3) is 33.9 Å². The third-order valence-corrected chi connectivity index (χ3v) is 4.56. The van der Waals surface area contributed by atoms with Crippen molar-refractivity contribution in [2.24, 2.45) is 0 Å². The summed E-state index contributed by atoms with van der Waals surface area (Å²) in [6, 6.07) is 15.7. The Balaban J connectivity index is 1.47. The van der Waals surface area contributed by atoms with Crippen molar-refractivity contribution in [3.63, 3.8) is 0 Å². The van der Waals surface area contributed by atoms with E-state index in [1.54, 1.807) is 30.1 Å². The summed E-state index contributed by atoms with van der Waals surface area (Å²) in [5, 5.41) is 13.1. The molecule has 9 heteroatoms. The number of pyridine rings is 1. The number of rotatable bonds is 5. The molecule has 5 rings (SSSR count). The lowest BCUT2D eigenvalue weighted by molar-refractivity contribution is 0.399. The van der Waals surface area contributed by atoms with Crippen molar-refractivity contribution in [2.45, 2.75) is 6.54 Å². The van der Waals surface area contributed by atoms with E-state index in [-0.39, 0.29) is 11.7 Å². The van der Waals surface area contributed by atoms with Gasteiger partial charge in [-0.2, -0.15) is 4.98 Å². The number of halogens is 1. The van der Waals surface area contributed by atoms with Gasteiger partial charge in [0.25, 0.3) is 5.89 Å². The summed E-state index contributed by atoms with van der Waals surface area (Å²) in [7, 11) is 1.56. The SMILES string of the molecule is COc1cc(-c2noc(-c3cn(Cc4cccc(F)c4)nn3)n2)c2ccccc2n1. The van der Waals surface area contributed by atoms with Gasteiger partial charge in [0.15, 0.2) is 5.69 Å². The lowest BCUT2D eigenvalue weighted by Gasteiger charge is -2.05. The Kier molecular flexibility index (Phi) is 4.40. The number of methoxy groups -OCH3 is 1. The predicted molar refractivity (Wildman–Crippen MR) is 106 cm³/mol. The van der Waals surface area contributed by atoms with Crippen LogP contribution in [0, 0.1) is 5.82 Å². The molecule has 0 atom stereocenters. The van der Waals surface area contributed by atoms with E-state index in [1.807, 2.05) is 30.3 Å². The standard InChI is InChI=1S/C21H15FN6O2/c1-29-19-10-16(15-7-2-3-8-17(15)23-19)20-24-21(30-26-20)18-12-28(27-25-18)11-13-5-4-6-14(22)9-13/h2-10,12H,11H2,1H3. The minimum absolute atomic E-state index is 0.232. The Bertz CT molecular complexity index is 1350. The highest BCUT2D eigenvalue weighted by Crippen LogP contribution is 2.30. The zero-order valence-corrected chi connectivity index (χ0v) is 15.9. The van der Waals surface area contributed by atoms with Gasteiger partial charge in [0.2, 0.25) is 11.7 Å².